The van der Waals surface area contributed by atoms with Crippen LogP contribution in [-0.4, -0.2) is 31.6 Å². The van der Waals surface area contributed by atoms with Crippen LogP contribution < -0.4 is 19.7 Å². The average molecular weight is 415 g/mol. The molecule has 1 saturated heterocycles. The summed E-state index contributed by atoms with van der Waals surface area (Å²) in [5, 5.41) is 2.54. The van der Waals surface area contributed by atoms with Gasteiger partial charge in [-0.3, -0.25) is 14.9 Å². The van der Waals surface area contributed by atoms with Crippen LogP contribution in [-0.2, 0) is 9.59 Å². The summed E-state index contributed by atoms with van der Waals surface area (Å²) in [7, 11) is 1.51. The molecule has 8 heteroatoms. The molecule has 0 unspecified atom stereocenters. The van der Waals surface area contributed by atoms with Gasteiger partial charge in [0.15, 0.2) is 0 Å². The number of amides is 4. The van der Waals surface area contributed by atoms with Gasteiger partial charge in [-0.2, -0.15) is 0 Å². The molecule has 1 fully saturated rings. The maximum Gasteiger partial charge on any atom is 0.335 e. The number of hydrogen-bond acceptors (Lipinski definition) is 5. The van der Waals surface area contributed by atoms with Gasteiger partial charge in [-0.15, -0.1) is 0 Å². The molecule has 7 nitrogen and oxygen atoms in total. The van der Waals surface area contributed by atoms with E-state index in [0.29, 0.717) is 34.4 Å². The van der Waals surface area contributed by atoms with Crippen molar-refractivity contribution in [3.8, 4) is 11.5 Å². The Kier molecular flexibility index (Phi) is 6.19. The molecule has 0 atom stereocenters. The maximum atomic E-state index is 12.9. The van der Waals surface area contributed by atoms with Crippen molar-refractivity contribution in [2.45, 2.75) is 13.3 Å². The number of imide groups is 2. The Bertz CT molecular complexity index is 985. The monoisotopic (exact) mass is 414 g/mol. The number of urea groups is 1. The van der Waals surface area contributed by atoms with E-state index in [0.717, 1.165) is 11.3 Å². The number of ether oxygens (including phenoxy) is 2. The van der Waals surface area contributed by atoms with Crippen molar-refractivity contribution in [3.63, 3.8) is 0 Å². The van der Waals surface area contributed by atoms with E-state index >= 15 is 0 Å². The summed E-state index contributed by atoms with van der Waals surface area (Å²) in [5.41, 5.74) is 0.660. The highest BCUT2D eigenvalue weighted by Gasteiger charge is 2.36. The van der Waals surface area contributed by atoms with E-state index in [1.165, 1.54) is 13.2 Å². The lowest BCUT2D eigenvalue weighted by atomic mass is 10.1. The van der Waals surface area contributed by atoms with E-state index in [1.807, 2.05) is 6.92 Å². The normalized spacial score (nSPS) is 15.5. The fourth-order valence-corrected chi connectivity index (χ4v) is 2.97. The van der Waals surface area contributed by atoms with Crippen LogP contribution in [0, 0.1) is 0 Å². The zero-order chi connectivity index (χ0) is 21.0. The Morgan fingerprint density at radius 2 is 1.83 bits per heavy atom. The zero-order valence-corrected chi connectivity index (χ0v) is 16.7. The summed E-state index contributed by atoms with van der Waals surface area (Å²) in [5.74, 6) is -0.408. The molecule has 0 aliphatic carbocycles. The Morgan fingerprint density at radius 3 is 2.45 bits per heavy atom. The average Bonchev–Trinajstić information content (AvgIpc) is 2.71. The first-order chi connectivity index (χ1) is 13.9. The zero-order valence-electron chi connectivity index (χ0n) is 15.9. The second kappa shape index (κ2) is 8.79. The van der Waals surface area contributed by atoms with Crippen LogP contribution in [0.2, 0.25) is 5.02 Å². The molecular formula is C21H19ClN2O5. The first-order valence-corrected chi connectivity index (χ1v) is 9.30. The number of benzene rings is 2. The van der Waals surface area contributed by atoms with Gasteiger partial charge >= 0.3 is 6.03 Å². The number of hydrogen-bond donors (Lipinski definition) is 1. The minimum atomic E-state index is -0.816. The molecule has 0 spiro atoms. The Morgan fingerprint density at radius 1 is 1.10 bits per heavy atom. The predicted octanol–water partition coefficient (Wildman–Crippen LogP) is 3.80. The first-order valence-electron chi connectivity index (χ1n) is 8.92. The van der Waals surface area contributed by atoms with Gasteiger partial charge < -0.3 is 9.47 Å². The second-order valence-electron chi connectivity index (χ2n) is 6.19. The lowest BCUT2D eigenvalue weighted by Crippen LogP contribution is -2.54. The maximum absolute atomic E-state index is 12.9. The van der Waals surface area contributed by atoms with Crippen LogP contribution in [0.5, 0.6) is 11.5 Å². The summed E-state index contributed by atoms with van der Waals surface area (Å²) in [4.78, 5) is 38.3. The van der Waals surface area contributed by atoms with E-state index in [9.17, 15) is 14.4 Å². The second-order valence-corrected chi connectivity index (χ2v) is 6.60. The lowest BCUT2D eigenvalue weighted by molar-refractivity contribution is -0.122. The number of methoxy groups -OCH3 is 1. The summed E-state index contributed by atoms with van der Waals surface area (Å²) < 4.78 is 10.6. The number of anilines is 1. The van der Waals surface area contributed by atoms with Gasteiger partial charge in [0.05, 0.1) is 24.4 Å². The molecule has 1 aliphatic rings. The van der Waals surface area contributed by atoms with Gasteiger partial charge in [0, 0.05) is 0 Å². The number of nitrogens with zero attached hydrogens (tertiary/aromatic N) is 1. The molecule has 0 radical (unpaired) electrons. The van der Waals surface area contributed by atoms with Gasteiger partial charge in [0.2, 0.25) is 0 Å². The summed E-state index contributed by atoms with van der Waals surface area (Å²) in [6.07, 6.45) is 2.22. The van der Waals surface area contributed by atoms with Crippen LogP contribution in [0.15, 0.2) is 48.0 Å². The topological polar surface area (TPSA) is 84.9 Å². The molecule has 1 aliphatic heterocycles. The van der Waals surface area contributed by atoms with Gasteiger partial charge in [0.1, 0.15) is 17.1 Å². The van der Waals surface area contributed by atoms with Crippen LogP contribution in [0.4, 0.5) is 10.5 Å². The predicted molar refractivity (Wildman–Crippen MR) is 109 cm³/mol. The molecule has 0 saturated carbocycles. The lowest BCUT2D eigenvalue weighted by Gasteiger charge is -2.26. The first kappa shape index (κ1) is 20.4. The quantitative estimate of drug-likeness (QED) is 0.574. The summed E-state index contributed by atoms with van der Waals surface area (Å²) in [6, 6.07) is 10.5. The van der Waals surface area contributed by atoms with Crippen LogP contribution in [0.25, 0.3) is 6.08 Å². The number of carbonyl (C=O) groups is 3. The van der Waals surface area contributed by atoms with Crippen molar-refractivity contribution in [3.05, 3.63) is 58.6 Å². The van der Waals surface area contributed by atoms with Crippen LogP contribution in [0.1, 0.15) is 18.9 Å². The molecule has 1 N–H and O–H groups in total. The molecule has 0 bridgehead atoms. The fourth-order valence-electron chi connectivity index (χ4n) is 2.73. The van der Waals surface area contributed by atoms with Crippen LogP contribution >= 0.6 is 11.6 Å². The fraction of sp³-hybridized carbons (Fsp3) is 0.190. The molecule has 3 rings (SSSR count). The largest absolute Gasteiger partial charge is 0.497 e. The number of barbiturate groups is 1. The highest BCUT2D eigenvalue weighted by Crippen LogP contribution is 2.28. The van der Waals surface area contributed by atoms with Gasteiger partial charge in [-0.25, -0.2) is 9.69 Å². The minimum Gasteiger partial charge on any atom is -0.497 e. The number of rotatable bonds is 6. The summed E-state index contributed by atoms with van der Waals surface area (Å²) in [6.45, 7) is 2.51. The van der Waals surface area contributed by atoms with Crippen molar-refractivity contribution < 1.29 is 23.9 Å². The third kappa shape index (κ3) is 4.41. The van der Waals surface area contributed by atoms with Crippen molar-refractivity contribution in [2.24, 2.45) is 0 Å². The Labute approximate surface area is 172 Å². The van der Waals surface area contributed by atoms with E-state index in [2.05, 4.69) is 5.32 Å². The van der Waals surface area contributed by atoms with Gasteiger partial charge in [0.25, 0.3) is 11.8 Å². The molecule has 29 heavy (non-hydrogen) atoms. The van der Waals surface area contributed by atoms with Crippen molar-refractivity contribution in [1.82, 2.24) is 5.32 Å². The number of halogens is 1. The van der Waals surface area contributed by atoms with Crippen molar-refractivity contribution in [2.75, 3.05) is 18.6 Å². The highest BCUT2D eigenvalue weighted by atomic mass is 35.5. The van der Waals surface area contributed by atoms with Gasteiger partial charge in [-0.05, 0) is 54.5 Å². The third-order valence-corrected chi connectivity index (χ3v) is 4.46. The van der Waals surface area contributed by atoms with E-state index in [4.69, 9.17) is 21.1 Å². The number of nitrogens with one attached hydrogen (secondary N) is 1. The molecule has 1 heterocycles. The molecular weight excluding hydrogens is 396 g/mol. The van der Waals surface area contributed by atoms with Crippen LogP contribution in [0.3, 0.4) is 0 Å². The standard InChI is InChI=1S/C21H19ClN2O5/c1-3-10-29-18-9-4-13(12-17(18)22)11-16-19(25)23-21(27)24(20(16)26)14-5-7-15(28-2)8-6-14/h4-9,11-12H,3,10H2,1-2H3,(H,23,25,27)/b16-11+. The van der Waals surface area contributed by atoms with E-state index in [1.54, 1.807) is 42.5 Å². The van der Waals surface area contributed by atoms with E-state index in [-0.39, 0.29) is 5.57 Å². The van der Waals surface area contributed by atoms with E-state index < -0.39 is 17.8 Å². The smallest absolute Gasteiger partial charge is 0.335 e. The molecule has 4 amide bonds. The summed E-state index contributed by atoms with van der Waals surface area (Å²) >= 11 is 6.22. The molecule has 0 aromatic heterocycles. The Hall–Kier alpha value is -3.32. The molecule has 2 aromatic rings. The number of carbonyl (C=O) groups excluding carboxylic acids is 3. The highest BCUT2D eigenvalue weighted by molar-refractivity contribution is 6.39. The van der Waals surface area contributed by atoms with Crippen molar-refractivity contribution in [1.29, 1.82) is 0 Å². The minimum absolute atomic E-state index is 0.182. The SMILES string of the molecule is CCCOc1ccc(/C=C2\C(=O)NC(=O)N(c3ccc(OC)cc3)C2=O)cc1Cl. The Balaban J connectivity index is 1.91. The van der Waals surface area contributed by atoms with Crippen molar-refractivity contribution >= 4 is 41.2 Å². The van der Waals surface area contributed by atoms with Gasteiger partial charge in [-0.1, -0.05) is 24.6 Å². The third-order valence-electron chi connectivity index (χ3n) is 4.16. The molecule has 2 aromatic carbocycles. The molecule has 150 valence electrons.